The van der Waals surface area contributed by atoms with E-state index in [1.807, 2.05) is 37.6 Å². The predicted octanol–water partition coefficient (Wildman–Crippen LogP) is 3.49. The Hall–Kier alpha value is -2.48. The molecule has 142 valence electrons. The molecular formula is C19H23BrN6O. The van der Waals surface area contributed by atoms with Crippen LogP contribution in [0.15, 0.2) is 35.1 Å². The summed E-state index contributed by atoms with van der Waals surface area (Å²) >= 11 is 3.51. The van der Waals surface area contributed by atoms with Crippen LogP contribution in [0.1, 0.15) is 29.4 Å². The van der Waals surface area contributed by atoms with Crippen LogP contribution in [0.5, 0.6) is 0 Å². The summed E-state index contributed by atoms with van der Waals surface area (Å²) in [5.41, 5.74) is 4.26. The van der Waals surface area contributed by atoms with E-state index in [0.717, 1.165) is 21.4 Å². The molecule has 0 saturated heterocycles. The van der Waals surface area contributed by atoms with E-state index < -0.39 is 0 Å². The molecule has 0 aliphatic heterocycles. The van der Waals surface area contributed by atoms with Gasteiger partial charge in [0.1, 0.15) is 6.33 Å². The van der Waals surface area contributed by atoms with Crippen LogP contribution >= 0.6 is 15.9 Å². The number of anilines is 1. The molecule has 1 atom stereocenters. The number of nitrogens with one attached hydrogen (secondary N) is 1. The van der Waals surface area contributed by atoms with Crippen LogP contribution in [-0.2, 0) is 17.9 Å². The van der Waals surface area contributed by atoms with Gasteiger partial charge in [0.05, 0.1) is 29.2 Å². The van der Waals surface area contributed by atoms with Crippen molar-refractivity contribution in [3.63, 3.8) is 0 Å². The molecule has 27 heavy (non-hydrogen) atoms. The molecule has 0 fully saturated rings. The van der Waals surface area contributed by atoms with Crippen molar-refractivity contribution in [1.82, 2.24) is 24.5 Å². The lowest BCUT2D eigenvalue weighted by Crippen LogP contribution is -2.26. The first-order valence-corrected chi connectivity index (χ1v) is 9.58. The Morgan fingerprint density at radius 3 is 2.70 bits per heavy atom. The topological polar surface area (TPSA) is 77.6 Å². The van der Waals surface area contributed by atoms with Gasteiger partial charge in [-0.3, -0.25) is 14.8 Å². The number of halogens is 1. The van der Waals surface area contributed by atoms with Crippen LogP contribution in [0, 0.1) is 26.7 Å². The van der Waals surface area contributed by atoms with Gasteiger partial charge < -0.3 is 0 Å². The molecule has 0 aliphatic carbocycles. The lowest BCUT2D eigenvalue weighted by molar-refractivity contribution is -0.119. The molecule has 2 heterocycles. The van der Waals surface area contributed by atoms with Crippen molar-refractivity contribution in [3.05, 3.63) is 57.6 Å². The number of nitrogens with zero attached hydrogens (tertiary/aromatic N) is 5. The number of carbonyl (C=O) groups is 1. The summed E-state index contributed by atoms with van der Waals surface area (Å²) in [6, 6.07) is 8.22. The van der Waals surface area contributed by atoms with E-state index in [2.05, 4.69) is 55.5 Å². The van der Waals surface area contributed by atoms with Gasteiger partial charge in [0.25, 0.3) is 0 Å². The van der Waals surface area contributed by atoms with Crippen molar-refractivity contribution in [2.45, 2.75) is 40.8 Å². The number of amides is 1. The molecule has 1 aromatic carbocycles. The maximum Gasteiger partial charge on any atom is 0.248 e. The fraction of sp³-hybridized carbons (Fsp3) is 0.368. The van der Waals surface area contributed by atoms with Crippen LogP contribution in [0.2, 0.25) is 0 Å². The number of hydrogen-bond acceptors (Lipinski definition) is 4. The first kappa shape index (κ1) is 19.3. The lowest BCUT2D eigenvalue weighted by atomic mass is 10.1. The number of hydrogen-bond donors (Lipinski definition) is 1. The summed E-state index contributed by atoms with van der Waals surface area (Å²) in [6.45, 7) is 8.93. The number of aromatic nitrogens is 5. The first-order chi connectivity index (χ1) is 12.8. The fourth-order valence-electron chi connectivity index (χ4n) is 2.85. The zero-order valence-corrected chi connectivity index (χ0v) is 17.5. The average molecular weight is 431 g/mol. The zero-order valence-electron chi connectivity index (χ0n) is 15.9. The van der Waals surface area contributed by atoms with Gasteiger partial charge in [-0.05, 0) is 42.3 Å². The molecule has 0 saturated carbocycles. The van der Waals surface area contributed by atoms with Gasteiger partial charge in [-0.25, -0.2) is 9.67 Å². The smallest absolute Gasteiger partial charge is 0.248 e. The Labute approximate surface area is 166 Å². The van der Waals surface area contributed by atoms with Crippen molar-refractivity contribution in [3.8, 4) is 0 Å². The second kappa shape index (κ2) is 8.04. The lowest BCUT2D eigenvalue weighted by Gasteiger charge is -2.12. The highest BCUT2D eigenvalue weighted by molar-refractivity contribution is 9.10. The highest BCUT2D eigenvalue weighted by Crippen LogP contribution is 2.20. The Bertz CT molecular complexity index is 961. The Balaban J connectivity index is 1.60. The number of aryl methyl sites for hydroxylation is 2. The van der Waals surface area contributed by atoms with Crippen LogP contribution in [0.4, 0.5) is 5.95 Å². The second-order valence-electron chi connectivity index (χ2n) is 6.81. The minimum Gasteiger partial charge on any atom is -0.293 e. The molecule has 1 N–H and O–H groups in total. The Kier molecular flexibility index (Phi) is 5.74. The summed E-state index contributed by atoms with van der Waals surface area (Å²) in [5, 5.41) is 11.6. The van der Waals surface area contributed by atoms with Gasteiger partial charge in [0.2, 0.25) is 11.9 Å². The molecular weight excluding hydrogens is 408 g/mol. The molecule has 0 spiro atoms. The summed E-state index contributed by atoms with van der Waals surface area (Å²) < 4.78 is 4.53. The number of benzene rings is 1. The zero-order chi connectivity index (χ0) is 19.6. The minimum atomic E-state index is -0.265. The Morgan fingerprint density at radius 2 is 2.04 bits per heavy atom. The quantitative estimate of drug-likeness (QED) is 0.648. The van der Waals surface area contributed by atoms with Gasteiger partial charge in [-0.15, -0.1) is 5.10 Å². The molecule has 0 radical (unpaired) electrons. The highest BCUT2D eigenvalue weighted by atomic mass is 79.9. The Morgan fingerprint density at radius 1 is 1.26 bits per heavy atom. The second-order valence-corrected chi connectivity index (χ2v) is 7.61. The summed E-state index contributed by atoms with van der Waals surface area (Å²) in [4.78, 5) is 16.7. The molecule has 3 rings (SSSR count). The molecule has 3 aromatic rings. The fourth-order valence-corrected chi connectivity index (χ4v) is 3.14. The van der Waals surface area contributed by atoms with Crippen molar-refractivity contribution >= 4 is 27.8 Å². The van der Waals surface area contributed by atoms with Gasteiger partial charge in [-0.1, -0.05) is 36.8 Å². The van der Waals surface area contributed by atoms with Gasteiger partial charge in [-0.2, -0.15) is 5.10 Å². The van der Waals surface area contributed by atoms with Crippen molar-refractivity contribution in [2.24, 2.45) is 5.92 Å². The standard InChI is InChI=1S/C19H23BrN6O/c1-12-6-5-7-16(8-12)10-25-11-21-19(24-25)22-18(27)13(2)9-26-15(4)17(20)14(3)23-26/h5-8,11,13H,9-10H2,1-4H3,(H,22,24,27). The molecule has 8 heteroatoms. The number of carbonyl (C=O) groups excluding carboxylic acids is 1. The molecule has 1 unspecified atom stereocenters. The molecule has 7 nitrogen and oxygen atoms in total. The number of rotatable bonds is 6. The van der Waals surface area contributed by atoms with E-state index in [0.29, 0.717) is 19.0 Å². The summed E-state index contributed by atoms with van der Waals surface area (Å²) in [7, 11) is 0. The van der Waals surface area contributed by atoms with Gasteiger partial charge >= 0.3 is 0 Å². The van der Waals surface area contributed by atoms with E-state index >= 15 is 0 Å². The highest BCUT2D eigenvalue weighted by Gasteiger charge is 2.18. The van der Waals surface area contributed by atoms with Gasteiger partial charge in [0.15, 0.2) is 0 Å². The minimum absolute atomic E-state index is 0.132. The third-order valence-corrected chi connectivity index (χ3v) is 5.53. The van der Waals surface area contributed by atoms with Crippen molar-refractivity contribution < 1.29 is 4.79 Å². The van der Waals surface area contributed by atoms with Crippen LogP contribution < -0.4 is 5.32 Å². The van der Waals surface area contributed by atoms with E-state index in [9.17, 15) is 4.79 Å². The van der Waals surface area contributed by atoms with E-state index in [1.165, 1.54) is 5.56 Å². The molecule has 0 bridgehead atoms. The van der Waals surface area contributed by atoms with Crippen LogP contribution in [0.3, 0.4) is 0 Å². The average Bonchev–Trinajstić information content (AvgIpc) is 3.15. The van der Waals surface area contributed by atoms with E-state index in [-0.39, 0.29) is 11.8 Å². The van der Waals surface area contributed by atoms with Crippen LogP contribution in [-0.4, -0.2) is 30.5 Å². The summed E-state index contributed by atoms with van der Waals surface area (Å²) in [5.74, 6) is -0.0837. The predicted molar refractivity (Wildman–Crippen MR) is 107 cm³/mol. The van der Waals surface area contributed by atoms with E-state index in [4.69, 9.17) is 0 Å². The van der Waals surface area contributed by atoms with Crippen LogP contribution in [0.25, 0.3) is 0 Å². The normalized spacial score (nSPS) is 12.2. The maximum atomic E-state index is 12.5. The molecule has 0 aliphatic rings. The van der Waals surface area contributed by atoms with E-state index in [1.54, 1.807) is 11.0 Å². The van der Waals surface area contributed by atoms with Crippen molar-refractivity contribution in [2.75, 3.05) is 5.32 Å². The largest absolute Gasteiger partial charge is 0.293 e. The third-order valence-electron chi connectivity index (χ3n) is 4.39. The monoisotopic (exact) mass is 430 g/mol. The van der Waals surface area contributed by atoms with Crippen molar-refractivity contribution in [1.29, 1.82) is 0 Å². The third kappa shape index (κ3) is 4.63. The van der Waals surface area contributed by atoms with Gasteiger partial charge in [0, 0.05) is 5.69 Å². The summed E-state index contributed by atoms with van der Waals surface area (Å²) in [6.07, 6.45) is 1.63. The first-order valence-electron chi connectivity index (χ1n) is 8.79. The maximum absolute atomic E-state index is 12.5. The molecule has 1 amide bonds. The molecule has 2 aromatic heterocycles. The SMILES string of the molecule is Cc1cccc(Cn2cnc(NC(=O)C(C)Cn3nc(C)c(Br)c3C)n2)c1.